The van der Waals surface area contributed by atoms with Gasteiger partial charge in [0.05, 0.1) is 11.5 Å². The van der Waals surface area contributed by atoms with Crippen molar-refractivity contribution < 1.29 is 14.3 Å². The van der Waals surface area contributed by atoms with Gasteiger partial charge in [0.1, 0.15) is 4.32 Å². The number of hydrogen-bond donors (Lipinski definition) is 0. The van der Waals surface area contributed by atoms with Gasteiger partial charge in [-0.25, -0.2) is 0 Å². The van der Waals surface area contributed by atoms with Crippen molar-refractivity contribution >= 4 is 57.9 Å². The van der Waals surface area contributed by atoms with Crippen molar-refractivity contribution in [2.75, 3.05) is 13.2 Å². The van der Waals surface area contributed by atoms with E-state index < -0.39 is 0 Å². The number of ether oxygens (including phenoxy) is 1. The molecule has 0 atom stereocenters. The first kappa shape index (κ1) is 19.9. The molecule has 25 heavy (non-hydrogen) atoms. The van der Waals surface area contributed by atoms with Crippen molar-refractivity contribution in [3.05, 3.63) is 39.8 Å². The SMILES string of the molecule is CCOC(=O)CCCCCN1C(=O)/C(=C/c2cccc(Cl)c2)SC1=S. The zero-order valence-corrected chi connectivity index (χ0v) is 16.4. The lowest BCUT2D eigenvalue weighted by Crippen LogP contribution is -2.29. The summed E-state index contributed by atoms with van der Waals surface area (Å²) in [5.41, 5.74) is 0.877. The topological polar surface area (TPSA) is 46.6 Å². The number of rotatable bonds is 8. The molecule has 0 aromatic heterocycles. The molecule has 0 radical (unpaired) electrons. The first-order valence-corrected chi connectivity index (χ1v) is 9.78. The monoisotopic (exact) mass is 397 g/mol. The molecule has 1 aliphatic heterocycles. The van der Waals surface area contributed by atoms with Crippen LogP contribution in [0.3, 0.4) is 0 Å². The molecule has 0 bridgehead atoms. The number of thiocarbonyl (C=S) groups is 1. The Hall–Kier alpha value is -1.37. The first-order valence-electron chi connectivity index (χ1n) is 8.18. The molecule has 1 aromatic rings. The van der Waals surface area contributed by atoms with Crippen LogP contribution in [0.4, 0.5) is 0 Å². The van der Waals surface area contributed by atoms with Gasteiger partial charge in [-0.15, -0.1) is 0 Å². The summed E-state index contributed by atoms with van der Waals surface area (Å²) in [7, 11) is 0. The van der Waals surface area contributed by atoms with E-state index in [1.807, 2.05) is 24.3 Å². The van der Waals surface area contributed by atoms with Gasteiger partial charge in [-0.3, -0.25) is 14.5 Å². The highest BCUT2D eigenvalue weighted by atomic mass is 35.5. The van der Waals surface area contributed by atoms with Crippen LogP contribution in [0, 0.1) is 0 Å². The first-order chi connectivity index (χ1) is 12.0. The average molecular weight is 398 g/mol. The zero-order chi connectivity index (χ0) is 18.2. The second-order valence-electron chi connectivity index (χ2n) is 5.50. The molecule has 0 saturated carbocycles. The lowest BCUT2D eigenvalue weighted by Gasteiger charge is -2.13. The van der Waals surface area contributed by atoms with Gasteiger partial charge in [0.25, 0.3) is 5.91 Å². The summed E-state index contributed by atoms with van der Waals surface area (Å²) in [5, 5.41) is 0.630. The second-order valence-corrected chi connectivity index (χ2v) is 7.62. The molecule has 134 valence electrons. The number of carbonyl (C=O) groups is 2. The highest BCUT2D eigenvalue weighted by Crippen LogP contribution is 2.33. The number of benzene rings is 1. The van der Waals surface area contributed by atoms with Crippen LogP contribution in [0.15, 0.2) is 29.2 Å². The number of thioether (sulfide) groups is 1. The summed E-state index contributed by atoms with van der Waals surface area (Å²) < 4.78 is 5.46. The third-order valence-corrected chi connectivity index (χ3v) is 5.20. The lowest BCUT2D eigenvalue weighted by molar-refractivity contribution is -0.143. The third kappa shape index (κ3) is 6.13. The molecular formula is C18H20ClNO3S2. The Bertz CT molecular complexity index is 691. The summed E-state index contributed by atoms with van der Waals surface area (Å²) in [5.74, 6) is -0.238. The second kappa shape index (κ2) is 9.94. The van der Waals surface area contributed by atoms with Gasteiger partial charge in [-0.1, -0.05) is 54.1 Å². The number of esters is 1. The number of hydrogen-bond acceptors (Lipinski definition) is 5. The molecule has 2 rings (SSSR count). The van der Waals surface area contributed by atoms with Crippen LogP contribution in [-0.4, -0.2) is 34.2 Å². The van der Waals surface area contributed by atoms with Crippen LogP contribution in [0.5, 0.6) is 0 Å². The smallest absolute Gasteiger partial charge is 0.305 e. The van der Waals surface area contributed by atoms with Crippen molar-refractivity contribution in [3.8, 4) is 0 Å². The maximum absolute atomic E-state index is 12.5. The largest absolute Gasteiger partial charge is 0.466 e. The Balaban J connectivity index is 1.84. The molecular weight excluding hydrogens is 378 g/mol. The molecule has 7 heteroatoms. The van der Waals surface area contributed by atoms with Crippen LogP contribution in [0.1, 0.15) is 38.2 Å². The van der Waals surface area contributed by atoms with E-state index in [2.05, 4.69) is 0 Å². The maximum atomic E-state index is 12.5. The number of amides is 1. The van der Waals surface area contributed by atoms with E-state index in [0.29, 0.717) is 33.8 Å². The van der Waals surface area contributed by atoms with Gasteiger partial charge in [0, 0.05) is 18.0 Å². The predicted octanol–water partition coefficient (Wildman–Crippen LogP) is 4.66. The molecule has 1 fully saturated rings. The van der Waals surface area contributed by atoms with Crippen molar-refractivity contribution in [3.63, 3.8) is 0 Å². The van der Waals surface area contributed by atoms with E-state index >= 15 is 0 Å². The molecule has 0 N–H and O–H groups in total. The Morgan fingerprint density at radius 3 is 2.88 bits per heavy atom. The zero-order valence-electron chi connectivity index (χ0n) is 14.0. The van der Waals surface area contributed by atoms with Gasteiger partial charge in [-0.05, 0) is 43.5 Å². The Kier molecular flexibility index (Phi) is 7.93. The number of carbonyl (C=O) groups excluding carboxylic acids is 2. The summed E-state index contributed by atoms with van der Waals surface area (Å²) in [6, 6.07) is 7.34. The molecule has 0 spiro atoms. The van der Waals surface area contributed by atoms with Crippen LogP contribution in [0.2, 0.25) is 5.02 Å². The van der Waals surface area contributed by atoms with E-state index in [1.54, 1.807) is 17.9 Å². The van der Waals surface area contributed by atoms with E-state index in [9.17, 15) is 9.59 Å². The fraction of sp³-hybridized carbons (Fsp3) is 0.389. The standard InChI is InChI=1S/C18H20ClNO3S2/c1-2-23-16(21)9-4-3-5-10-20-17(22)15(25-18(20)24)12-13-7-6-8-14(19)11-13/h6-8,11-12H,2-5,9-10H2,1H3/b15-12-. The van der Waals surface area contributed by atoms with Gasteiger partial charge >= 0.3 is 5.97 Å². The highest BCUT2D eigenvalue weighted by molar-refractivity contribution is 8.26. The Morgan fingerprint density at radius 1 is 1.36 bits per heavy atom. The quantitative estimate of drug-likeness (QED) is 0.276. The van der Waals surface area contributed by atoms with Crippen LogP contribution in [0.25, 0.3) is 6.08 Å². The summed E-state index contributed by atoms with van der Waals surface area (Å²) in [6.45, 7) is 2.78. The maximum Gasteiger partial charge on any atom is 0.305 e. The van der Waals surface area contributed by atoms with Crippen molar-refractivity contribution in [2.45, 2.75) is 32.6 Å². The Labute approximate surface area is 162 Å². The fourth-order valence-corrected chi connectivity index (χ4v) is 3.90. The van der Waals surface area contributed by atoms with Crippen molar-refractivity contribution in [1.29, 1.82) is 0 Å². The molecule has 0 aliphatic carbocycles. The van der Waals surface area contributed by atoms with Crippen LogP contribution in [-0.2, 0) is 14.3 Å². The van der Waals surface area contributed by atoms with Crippen molar-refractivity contribution in [2.24, 2.45) is 0 Å². The predicted molar refractivity (Wildman–Crippen MR) is 106 cm³/mol. The molecule has 4 nitrogen and oxygen atoms in total. The van der Waals surface area contributed by atoms with Gasteiger partial charge in [0.15, 0.2) is 0 Å². The minimum Gasteiger partial charge on any atom is -0.466 e. The number of unbranched alkanes of at least 4 members (excludes halogenated alkanes) is 2. The van der Waals surface area contributed by atoms with E-state index in [-0.39, 0.29) is 11.9 Å². The molecule has 0 unspecified atom stereocenters. The van der Waals surface area contributed by atoms with E-state index in [4.69, 9.17) is 28.6 Å². The fourth-order valence-electron chi connectivity index (χ4n) is 2.39. The summed E-state index contributed by atoms with van der Waals surface area (Å²) in [6.07, 6.45) is 4.64. The minimum absolute atomic E-state index is 0.0691. The highest BCUT2D eigenvalue weighted by Gasteiger charge is 2.31. The van der Waals surface area contributed by atoms with Gasteiger partial charge < -0.3 is 4.74 Å². The van der Waals surface area contributed by atoms with Gasteiger partial charge in [-0.2, -0.15) is 0 Å². The molecule has 1 heterocycles. The Morgan fingerprint density at radius 2 is 2.16 bits per heavy atom. The number of halogens is 1. The average Bonchev–Trinajstić information content (AvgIpc) is 2.82. The van der Waals surface area contributed by atoms with Crippen LogP contribution >= 0.6 is 35.6 Å². The lowest BCUT2D eigenvalue weighted by atomic mass is 10.2. The summed E-state index contributed by atoms with van der Waals surface area (Å²) in [4.78, 5) is 26.0. The van der Waals surface area contributed by atoms with E-state index in [0.717, 1.165) is 24.8 Å². The van der Waals surface area contributed by atoms with Crippen LogP contribution < -0.4 is 0 Å². The van der Waals surface area contributed by atoms with E-state index in [1.165, 1.54) is 11.8 Å². The molecule has 1 amide bonds. The molecule has 1 aromatic carbocycles. The van der Waals surface area contributed by atoms with Gasteiger partial charge in [0.2, 0.25) is 0 Å². The summed E-state index contributed by atoms with van der Waals surface area (Å²) >= 11 is 12.6. The molecule has 1 aliphatic rings. The molecule has 1 saturated heterocycles. The third-order valence-electron chi connectivity index (χ3n) is 3.59. The number of nitrogens with zero attached hydrogens (tertiary/aromatic N) is 1. The minimum atomic E-state index is -0.169. The normalized spacial score (nSPS) is 15.9. The van der Waals surface area contributed by atoms with Crippen molar-refractivity contribution in [1.82, 2.24) is 4.90 Å².